The summed E-state index contributed by atoms with van der Waals surface area (Å²) < 4.78 is 13.1. The first kappa shape index (κ1) is 17.3. The molecule has 6 nitrogen and oxygen atoms in total. The van der Waals surface area contributed by atoms with E-state index in [0.29, 0.717) is 17.6 Å². The summed E-state index contributed by atoms with van der Waals surface area (Å²) in [6, 6.07) is 10.3. The van der Waals surface area contributed by atoms with Crippen molar-refractivity contribution in [1.82, 2.24) is 20.8 Å². The molecule has 3 unspecified atom stereocenters. The standard InChI is InChI=1S/C21H22FN5O/c22-14-7-5-12(6-8-14)18-10-13-9-15(11-23-20(13)25-18)24-21(28)19-16-3-1-2-4-17(16)26-27-19/h5-11,16-17,19,26-27H,1-4H2,(H,23,25)(H,24,28). The van der Waals surface area contributed by atoms with Crippen molar-refractivity contribution >= 4 is 22.6 Å². The van der Waals surface area contributed by atoms with Gasteiger partial charge in [0.15, 0.2) is 0 Å². The summed E-state index contributed by atoms with van der Waals surface area (Å²) >= 11 is 0. The van der Waals surface area contributed by atoms with Crippen LogP contribution in [-0.4, -0.2) is 28.0 Å². The van der Waals surface area contributed by atoms with E-state index in [-0.39, 0.29) is 17.8 Å². The fourth-order valence-corrected chi connectivity index (χ4v) is 4.39. The number of rotatable bonds is 3. The van der Waals surface area contributed by atoms with Crippen LogP contribution in [0.4, 0.5) is 10.1 Å². The summed E-state index contributed by atoms with van der Waals surface area (Å²) in [5.41, 5.74) is 9.58. The lowest BCUT2D eigenvalue weighted by Gasteiger charge is -2.26. The van der Waals surface area contributed by atoms with Crippen LogP contribution in [0.5, 0.6) is 0 Å². The molecule has 1 saturated heterocycles. The minimum atomic E-state index is -0.266. The van der Waals surface area contributed by atoms with Crippen molar-refractivity contribution in [1.29, 1.82) is 0 Å². The number of carbonyl (C=O) groups excluding carboxylic acids is 1. The number of benzene rings is 1. The molecule has 2 aliphatic rings. The normalized spacial score (nSPS) is 24.2. The zero-order valence-corrected chi connectivity index (χ0v) is 15.3. The quantitative estimate of drug-likeness (QED) is 0.563. The molecule has 1 aliphatic heterocycles. The average Bonchev–Trinajstić information content (AvgIpc) is 3.32. The number of aromatic amines is 1. The Morgan fingerprint density at radius 1 is 1.11 bits per heavy atom. The Labute approximate surface area is 161 Å². The predicted octanol–water partition coefficient (Wildman–Crippen LogP) is 3.34. The molecule has 1 aromatic carbocycles. The molecule has 0 radical (unpaired) electrons. The maximum Gasteiger partial charge on any atom is 0.243 e. The van der Waals surface area contributed by atoms with Gasteiger partial charge in [0.2, 0.25) is 5.91 Å². The van der Waals surface area contributed by atoms with Crippen LogP contribution in [0.3, 0.4) is 0 Å². The number of amides is 1. The molecule has 2 aromatic heterocycles. The van der Waals surface area contributed by atoms with Crippen LogP contribution in [0.15, 0.2) is 42.6 Å². The van der Waals surface area contributed by atoms with Crippen molar-refractivity contribution in [3.63, 3.8) is 0 Å². The molecule has 3 heterocycles. The van der Waals surface area contributed by atoms with Gasteiger partial charge < -0.3 is 10.3 Å². The van der Waals surface area contributed by atoms with Crippen LogP contribution < -0.4 is 16.2 Å². The molecule has 3 aromatic rings. The highest BCUT2D eigenvalue weighted by Crippen LogP contribution is 2.31. The lowest BCUT2D eigenvalue weighted by atomic mass is 9.81. The number of pyridine rings is 1. The van der Waals surface area contributed by atoms with Gasteiger partial charge in [-0.2, -0.15) is 0 Å². The number of carbonyl (C=O) groups is 1. The van der Waals surface area contributed by atoms with Gasteiger partial charge >= 0.3 is 0 Å². The van der Waals surface area contributed by atoms with Gasteiger partial charge in [-0.05, 0) is 54.8 Å². The van der Waals surface area contributed by atoms with Gasteiger partial charge in [-0.1, -0.05) is 12.8 Å². The van der Waals surface area contributed by atoms with E-state index < -0.39 is 0 Å². The lowest BCUT2D eigenvalue weighted by Crippen LogP contribution is -2.42. The Kier molecular flexibility index (Phi) is 4.33. The second-order valence-electron chi connectivity index (χ2n) is 7.66. The first-order valence-corrected chi connectivity index (χ1v) is 9.74. The molecule has 5 rings (SSSR count). The summed E-state index contributed by atoms with van der Waals surface area (Å²) in [5.74, 6) is 0.0401. The number of aromatic nitrogens is 2. The molecule has 7 heteroatoms. The minimum absolute atomic E-state index is 0.0302. The third-order valence-electron chi connectivity index (χ3n) is 5.85. The van der Waals surface area contributed by atoms with Crippen LogP contribution in [0.2, 0.25) is 0 Å². The van der Waals surface area contributed by atoms with E-state index in [1.54, 1.807) is 18.3 Å². The number of nitrogens with zero attached hydrogens (tertiary/aromatic N) is 1. The van der Waals surface area contributed by atoms with Gasteiger partial charge in [-0.3, -0.25) is 10.2 Å². The molecule has 28 heavy (non-hydrogen) atoms. The van der Waals surface area contributed by atoms with Crippen LogP contribution in [0.25, 0.3) is 22.3 Å². The predicted molar refractivity (Wildman–Crippen MR) is 106 cm³/mol. The van der Waals surface area contributed by atoms with Crippen molar-refractivity contribution in [2.24, 2.45) is 5.92 Å². The monoisotopic (exact) mass is 379 g/mol. The smallest absolute Gasteiger partial charge is 0.243 e. The van der Waals surface area contributed by atoms with Crippen molar-refractivity contribution in [3.8, 4) is 11.3 Å². The molecule has 144 valence electrons. The first-order valence-electron chi connectivity index (χ1n) is 9.74. The molecular formula is C21H22FN5O. The van der Waals surface area contributed by atoms with Crippen molar-refractivity contribution in [2.45, 2.75) is 37.8 Å². The van der Waals surface area contributed by atoms with E-state index >= 15 is 0 Å². The number of anilines is 1. The highest BCUT2D eigenvalue weighted by molar-refractivity contribution is 5.97. The molecular weight excluding hydrogens is 357 g/mol. The summed E-state index contributed by atoms with van der Waals surface area (Å²) in [6.45, 7) is 0. The Hall–Kier alpha value is -2.77. The fourth-order valence-electron chi connectivity index (χ4n) is 4.39. The van der Waals surface area contributed by atoms with Gasteiger partial charge in [0.25, 0.3) is 0 Å². The van der Waals surface area contributed by atoms with Gasteiger partial charge in [0.1, 0.15) is 17.5 Å². The van der Waals surface area contributed by atoms with Crippen LogP contribution in [0, 0.1) is 11.7 Å². The Balaban J connectivity index is 1.35. The number of hydrogen-bond acceptors (Lipinski definition) is 4. The fraction of sp³-hybridized carbons (Fsp3) is 0.333. The lowest BCUT2D eigenvalue weighted by molar-refractivity contribution is -0.118. The number of H-pyrrole nitrogens is 1. The van der Waals surface area contributed by atoms with E-state index in [1.165, 1.54) is 25.0 Å². The number of halogens is 1. The SMILES string of the molecule is O=C(Nc1cnc2[nH]c(-c3ccc(F)cc3)cc2c1)C1NNC2CCCCC21. The topological polar surface area (TPSA) is 81.8 Å². The van der Waals surface area contributed by atoms with Crippen molar-refractivity contribution < 1.29 is 9.18 Å². The maximum absolute atomic E-state index is 13.1. The van der Waals surface area contributed by atoms with E-state index in [2.05, 4.69) is 26.1 Å². The third kappa shape index (κ3) is 3.16. The van der Waals surface area contributed by atoms with Crippen LogP contribution in [0.1, 0.15) is 25.7 Å². The molecule has 0 bridgehead atoms. The van der Waals surface area contributed by atoms with E-state index in [9.17, 15) is 9.18 Å². The Morgan fingerprint density at radius 2 is 1.93 bits per heavy atom. The third-order valence-corrected chi connectivity index (χ3v) is 5.85. The molecule has 3 atom stereocenters. The second-order valence-corrected chi connectivity index (χ2v) is 7.66. The van der Waals surface area contributed by atoms with Gasteiger partial charge in [-0.15, -0.1) is 0 Å². The van der Waals surface area contributed by atoms with Crippen LogP contribution >= 0.6 is 0 Å². The highest BCUT2D eigenvalue weighted by Gasteiger charge is 2.40. The zero-order valence-electron chi connectivity index (χ0n) is 15.3. The van der Waals surface area contributed by atoms with E-state index in [1.807, 2.05) is 12.1 Å². The summed E-state index contributed by atoms with van der Waals surface area (Å²) in [4.78, 5) is 20.4. The molecule has 1 amide bonds. The summed E-state index contributed by atoms with van der Waals surface area (Å²) in [7, 11) is 0. The van der Waals surface area contributed by atoms with Crippen LogP contribution in [-0.2, 0) is 4.79 Å². The summed E-state index contributed by atoms with van der Waals surface area (Å²) in [5, 5.41) is 3.89. The first-order chi connectivity index (χ1) is 13.7. The minimum Gasteiger partial charge on any atom is -0.339 e. The summed E-state index contributed by atoms with van der Waals surface area (Å²) in [6.07, 6.45) is 6.24. The second kappa shape index (κ2) is 7.00. The van der Waals surface area contributed by atoms with Gasteiger partial charge in [0, 0.05) is 23.0 Å². The van der Waals surface area contributed by atoms with Gasteiger partial charge in [0.05, 0.1) is 11.9 Å². The zero-order chi connectivity index (χ0) is 19.1. The molecule has 0 spiro atoms. The molecule has 2 fully saturated rings. The van der Waals surface area contributed by atoms with Gasteiger partial charge in [-0.25, -0.2) is 14.8 Å². The van der Waals surface area contributed by atoms with Crippen molar-refractivity contribution in [2.75, 3.05) is 5.32 Å². The number of hydrogen-bond donors (Lipinski definition) is 4. The average molecular weight is 379 g/mol. The number of hydrazine groups is 1. The maximum atomic E-state index is 13.1. The molecule has 4 N–H and O–H groups in total. The Morgan fingerprint density at radius 3 is 2.79 bits per heavy atom. The molecule has 1 saturated carbocycles. The molecule has 1 aliphatic carbocycles. The van der Waals surface area contributed by atoms with E-state index in [4.69, 9.17) is 0 Å². The number of fused-ring (bicyclic) bond motifs is 2. The number of nitrogens with one attached hydrogen (secondary N) is 4. The Bertz CT molecular complexity index is 1020. The van der Waals surface area contributed by atoms with E-state index in [0.717, 1.165) is 35.1 Å². The highest BCUT2D eigenvalue weighted by atomic mass is 19.1. The largest absolute Gasteiger partial charge is 0.339 e. The van der Waals surface area contributed by atoms with Crippen molar-refractivity contribution in [3.05, 3.63) is 48.4 Å².